The normalized spacial score (nSPS) is 16.7. The molecule has 3 aromatic rings. The molecule has 0 aromatic heterocycles. The minimum atomic E-state index is -3.48. The molecule has 4 heteroatoms. The van der Waals surface area contributed by atoms with Crippen LogP contribution in [0.4, 0.5) is 0 Å². The molecule has 160 valence electrons. The van der Waals surface area contributed by atoms with Crippen LogP contribution in [0.5, 0.6) is 0 Å². The summed E-state index contributed by atoms with van der Waals surface area (Å²) in [5.74, 6) is -0.0204. The van der Waals surface area contributed by atoms with Gasteiger partial charge >= 0.3 is 0 Å². The van der Waals surface area contributed by atoms with Crippen LogP contribution in [0.3, 0.4) is 0 Å². The molecule has 0 amide bonds. The zero-order valence-electron chi connectivity index (χ0n) is 18.0. The molecule has 1 aliphatic rings. The molecule has 1 aliphatic carbocycles. The molecule has 1 fully saturated rings. The lowest BCUT2D eigenvalue weighted by molar-refractivity contribution is 0.103. The van der Waals surface area contributed by atoms with E-state index in [1.54, 1.807) is 12.1 Å². The van der Waals surface area contributed by atoms with Crippen LogP contribution in [0.2, 0.25) is 0 Å². The molecule has 31 heavy (non-hydrogen) atoms. The molecule has 1 atom stereocenters. The van der Waals surface area contributed by atoms with E-state index in [4.69, 9.17) is 0 Å². The summed E-state index contributed by atoms with van der Waals surface area (Å²) in [5, 5.41) is -0.541. The molecule has 0 spiro atoms. The van der Waals surface area contributed by atoms with Crippen LogP contribution < -0.4 is 0 Å². The van der Waals surface area contributed by atoms with Crippen molar-refractivity contribution in [3.63, 3.8) is 0 Å². The maximum atomic E-state index is 13.5. The highest BCUT2D eigenvalue weighted by atomic mass is 32.2. The first kappa shape index (κ1) is 21.5. The van der Waals surface area contributed by atoms with Crippen molar-refractivity contribution in [1.29, 1.82) is 0 Å². The first-order chi connectivity index (χ1) is 14.8. The Balaban J connectivity index is 1.68. The van der Waals surface area contributed by atoms with Gasteiger partial charge in [0.15, 0.2) is 15.6 Å². The first-order valence-electron chi connectivity index (χ1n) is 10.9. The van der Waals surface area contributed by atoms with Crippen molar-refractivity contribution < 1.29 is 13.2 Å². The molecule has 0 bridgehead atoms. The molecule has 3 nitrogen and oxygen atoms in total. The van der Waals surface area contributed by atoms with E-state index >= 15 is 0 Å². The summed E-state index contributed by atoms with van der Waals surface area (Å²) in [7, 11) is -3.48. The number of carbonyl (C=O) groups excluding carboxylic acids is 1. The second-order valence-electron chi connectivity index (χ2n) is 8.64. The van der Waals surface area contributed by atoms with Gasteiger partial charge in [-0.2, -0.15) is 0 Å². The molecular weight excluding hydrogens is 404 g/mol. The van der Waals surface area contributed by atoms with E-state index in [2.05, 4.69) is 0 Å². The minimum Gasteiger partial charge on any atom is -0.289 e. The zero-order valence-corrected chi connectivity index (χ0v) is 18.9. The summed E-state index contributed by atoms with van der Waals surface area (Å²) < 4.78 is 27.0. The number of sulfone groups is 1. The van der Waals surface area contributed by atoms with Crippen molar-refractivity contribution in [3.8, 4) is 0 Å². The molecule has 0 heterocycles. The van der Waals surface area contributed by atoms with E-state index in [9.17, 15) is 13.2 Å². The number of ketones is 1. The van der Waals surface area contributed by atoms with Gasteiger partial charge in [0.25, 0.3) is 0 Å². The van der Waals surface area contributed by atoms with E-state index in [-0.39, 0.29) is 5.78 Å². The maximum Gasteiger partial charge on any atom is 0.193 e. The number of carbonyl (C=O) groups is 1. The lowest BCUT2D eigenvalue weighted by Crippen LogP contribution is -2.40. The van der Waals surface area contributed by atoms with Crippen molar-refractivity contribution in [2.45, 2.75) is 55.1 Å². The highest BCUT2D eigenvalue weighted by Gasteiger charge is 2.46. The fraction of sp³-hybridized carbons (Fsp3) is 0.296. The Hall–Kier alpha value is -2.72. The molecule has 0 radical (unpaired) electrons. The number of rotatable bonds is 6. The molecule has 0 N–H and O–H groups in total. The van der Waals surface area contributed by atoms with Crippen LogP contribution in [-0.4, -0.2) is 19.5 Å². The number of benzene rings is 3. The quantitative estimate of drug-likeness (QED) is 0.456. The summed E-state index contributed by atoms with van der Waals surface area (Å²) in [5.41, 5.74) is 2.90. The van der Waals surface area contributed by atoms with Crippen LogP contribution in [0.1, 0.15) is 59.7 Å². The van der Waals surface area contributed by atoms with Crippen LogP contribution in [-0.2, 0) is 15.3 Å². The van der Waals surface area contributed by atoms with Gasteiger partial charge in [-0.1, -0.05) is 85.1 Å². The lowest BCUT2D eigenvalue weighted by atomic mass is 9.76. The molecular formula is C27H28O3S. The van der Waals surface area contributed by atoms with Crippen LogP contribution in [0, 0.1) is 6.92 Å². The SMILES string of the molecule is Cc1ccc(S(=O)(=O)C(C)C2(c3ccc(C(=O)c4ccccc4)cc3)CCCC2)cc1. The molecule has 3 aromatic carbocycles. The minimum absolute atomic E-state index is 0.0204. The van der Waals surface area contributed by atoms with Gasteiger partial charge in [-0.25, -0.2) is 8.42 Å². The average Bonchev–Trinajstić information content (AvgIpc) is 3.30. The van der Waals surface area contributed by atoms with Gasteiger partial charge in [0.2, 0.25) is 0 Å². The van der Waals surface area contributed by atoms with Gasteiger partial charge in [0.1, 0.15) is 0 Å². The molecule has 1 saturated carbocycles. The van der Waals surface area contributed by atoms with E-state index in [0.29, 0.717) is 16.0 Å². The Bertz CT molecular complexity index is 1160. The highest BCUT2D eigenvalue weighted by Crippen LogP contribution is 2.47. The van der Waals surface area contributed by atoms with E-state index in [1.807, 2.05) is 80.6 Å². The standard InChI is InChI=1S/C27H28O3S/c1-20-10-16-25(17-11-20)31(29,30)21(2)27(18-6-7-19-27)24-14-12-23(13-15-24)26(28)22-8-4-3-5-9-22/h3-5,8-17,21H,6-7,18-19H2,1-2H3. The van der Waals surface area contributed by atoms with Crippen molar-refractivity contribution in [2.75, 3.05) is 0 Å². The smallest absolute Gasteiger partial charge is 0.193 e. The van der Waals surface area contributed by atoms with Gasteiger partial charge in [-0.3, -0.25) is 4.79 Å². The van der Waals surface area contributed by atoms with Crippen molar-refractivity contribution in [3.05, 3.63) is 101 Å². The summed E-state index contributed by atoms with van der Waals surface area (Å²) in [6.45, 7) is 3.81. The van der Waals surface area contributed by atoms with E-state index in [1.165, 1.54) is 0 Å². The number of aryl methyl sites for hydroxylation is 1. The molecule has 0 saturated heterocycles. The topological polar surface area (TPSA) is 51.2 Å². The van der Waals surface area contributed by atoms with Gasteiger partial charge < -0.3 is 0 Å². The first-order valence-corrected chi connectivity index (χ1v) is 12.4. The summed E-state index contributed by atoms with van der Waals surface area (Å²) in [4.78, 5) is 13.2. The lowest BCUT2D eigenvalue weighted by Gasteiger charge is -2.36. The van der Waals surface area contributed by atoms with Crippen molar-refractivity contribution in [2.24, 2.45) is 0 Å². The van der Waals surface area contributed by atoms with Crippen LogP contribution in [0.15, 0.2) is 83.8 Å². The summed E-state index contributed by atoms with van der Waals surface area (Å²) >= 11 is 0. The Morgan fingerprint density at radius 3 is 1.94 bits per heavy atom. The van der Waals surface area contributed by atoms with E-state index < -0.39 is 20.5 Å². The highest BCUT2D eigenvalue weighted by molar-refractivity contribution is 7.92. The average molecular weight is 433 g/mol. The zero-order chi connectivity index (χ0) is 22.1. The van der Waals surface area contributed by atoms with Crippen LogP contribution >= 0.6 is 0 Å². The van der Waals surface area contributed by atoms with Crippen molar-refractivity contribution in [1.82, 2.24) is 0 Å². The van der Waals surface area contributed by atoms with Gasteiger partial charge in [-0.05, 0) is 44.4 Å². The van der Waals surface area contributed by atoms with E-state index in [0.717, 1.165) is 36.8 Å². The third kappa shape index (κ3) is 3.97. The Morgan fingerprint density at radius 1 is 0.806 bits per heavy atom. The second-order valence-corrected chi connectivity index (χ2v) is 10.9. The monoisotopic (exact) mass is 432 g/mol. The predicted octanol–water partition coefficient (Wildman–Crippen LogP) is 5.90. The number of hydrogen-bond donors (Lipinski definition) is 0. The Kier molecular flexibility index (Phi) is 5.85. The van der Waals surface area contributed by atoms with Gasteiger partial charge in [0.05, 0.1) is 10.1 Å². The van der Waals surface area contributed by atoms with Crippen LogP contribution in [0.25, 0.3) is 0 Å². The third-order valence-corrected chi connectivity index (χ3v) is 9.16. The van der Waals surface area contributed by atoms with Gasteiger partial charge in [-0.15, -0.1) is 0 Å². The fourth-order valence-corrected chi connectivity index (χ4v) is 6.76. The summed E-state index contributed by atoms with van der Waals surface area (Å²) in [6.07, 6.45) is 3.70. The van der Waals surface area contributed by atoms with Gasteiger partial charge in [0, 0.05) is 16.5 Å². The Labute approximate surface area is 185 Å². The van der Waals surface area contributed by atoms with Crippen molar-refractivity contribution >= 4 is 15.6 Å². The molecule has 0 aliphatic heterocycles. The largest absolute Gasteiger partial charge is 0.289 e. The summed E-state index contributed by atoms with van der Waals surface area (Å²) in [6, 6.07) is 24.0. The fourth-order valence-electron chi connectivity index (χ4n) is 4.87. The molecule has 1 unspecified atom stereocenters. The third-order valence-electron chi connectivity index (χ3n) is 6.85. The molecule has 4 rings (SSSR count). The Morgan fingerprint density at radius 2 is 1.35 bits per heavy atom. The number of hydrogen-bond acceptors (Lipinski definition) is 3. The maximum absolute atomic E-state index is 13.5. The predicted molar refractivity (Wildman–Crippen MR) is 124 cm³/mol. The second kappa shape index (κ2) is 8.43.